The lowest BCUT2D eigenvalue weighted by Crippen LogP contribution is -2.29. The molecule has 2 aromatic carbocycles. The summed E-state index contributed by atoms with van der Waals surface area (Å²) in [6.07, 6.45) is 5.98. The first kappa shape index (κ1) is 15.3. The van der Waals surface area contributed by atoms with E-state index in [2.05, 4.69) is 66.4 Å². The van der Waals surface area contributed by atoms with Crippen molar-refractivity contribution in [3.8, 4) is 0 Å². The van der Waals surface area contributed by atoms with Crippen molar-refractivity contribution in [2.75, 3.05) is 13.1 Å². The number of hydrogen-bond donors (Lipinski definition) is 0. The molecule has 0 bridgehead atoms. The molecule has 1 saturated heterocycles. The minimum absolute atomic E-state index is 1.08. The summed E-state index contributed by atoms with van der Waals surface area (Å²) >= 11 is 0. The summed E-state index contributed by atoms with van der Waals surface area (Å²) in [5, 5.41) is 0. The van der Waals surface area contributed by atoms with E-state index in [1.54, 1.807) is 6.04 Å². The van der Waals surface area contributed by atoms with Crippen molar-refractivity contribution < 1.29 is 0 Å². The van der Waals surface area contributed by atoms with Gasteiger partial charge in [-0.3, -0.25) is 4.90 Å². The van der Waals surface area contributed by atoms with E-state index in [-0.39, 0.29) is 0 Å². The molecular formula is C21H26N. The fourth-order valence-electron chi connectivity index (χ4n) is 3.45. The minimum atomic E-state index is 1.08. The van der Waals surface area contributed by atoms with Gasteiger partial charge in [0, 0.05) is 6.04 Å². The van der Waals surface area contributed by atoms with Gasteiger partial charge in [-0.15, -0.1) is 0 Å². The van der Waals surface area contributed by atoms with Gasteiger partial charge in [-0.2, -0.15) is 0 Å². The van der Waals surface area contributed by atoms with Crippen molar-refractivity contribution in [1.82, 2.24) is 4.90 Å². The molecule has 0 aromatic heterocycles. The van der Waals surface area contributed by atoms with Crippen molar-refractivity contribution in [2.45, 2.75) is 39.0 Å². The molecule has 1 aliphatic rings. The number of hydrogen-bond acceptors (Lipinski definition) is 1. The second kappa shape index (κ2) is 7.60. The standard InChI is InChI=1S/C21H26N/c1-2-19-12-6-7-13-20(19)17-21(22-14-8-9-15-22)16-18-10-4-3-5-11-18/h3-7,10-13H,2,8-9,14-17H2,1H3. The van der Waals surface area contributed by atoms with Crippen LogP contribution in [0.3, 0.4) is 0 Å². The van der Waals surface area contributed by atoms with Gasteiger partial charge in [0.15, 0.2) is 0 Å². The van der Waals surface area contributed by atoms with Crippen LogP contribution in [0.25, 0.3) is 0 Å². The predicted molar refractivity (Wildman–Crippen MR) is 93.7 cm³/mol. The Kier molecular flexibility index (Phi) is 5.29. The molecule has 0 atom stereocenters. The highest BCUT2D eigenvalue weighted by atomic mass is 15.2. The Morgan fingerprint density at radius 1 is 0.818 bits per heavy atom. The van der Waals surface area contributed by atoms with E-state index >= 15 is 0 Å². The van der Waals surface area contributed by atoms with Gasteiger partial charge in [0.25, 0.3) is 0 Å². The van der Waals surface area contributed by atoms with Gasteiger partial charge in [-0.1, -0.05) is 61.5 Å². The van der Waals surface area contributed by atoms with Crippen LogP contribution in [0.2, 0.25) is 0 Å². The Hall–Kier alpha value is -1.60. The largest absolute Gasteiger partial charge is 0.295 e. The molecule has 1 radical (unpaired) electrons. The van der Waals surface area contributed by atoms with Crippen molar-refractivity contribution >= 4 is 0 Å². The molecule has 0 aliphatic carbocycles. The first-order valence-electron chi connectivity index (χ1n) is 8.57. The van der Waals surface area contributed by atoms with Crippen LogP contribution in [0.4, 0.5) is 0 Å². The molecule has 0 N–H and O–H groups in total. The van der Waals surface area contributed by atoms with E-state index in [1.807, 2.05) is 0 Å². The Bertz CT molecular complexity index is 569. The lowest BCUT2D eigenvalue weighted by atomic mass is 9.94. The zero-order valence-corrected chi connectivity index (χ0v) is 13.6. The summed E-state index contributed by atoms with van der Waals surface area (Å²) < 4.78 is 0. The molecule has 0 unspecified atom stereocenters. The Morgan fingerprint density at radius 3 is 2.14 bits per heavy atom. The van der Waals surface area contributed by atoms with E-state index in [0.717, 1.165) is 19.3 Å². The van der Waals surface area contributed by atoms with Crippen LogP contribution in [-0.4, -0.2) is 18.0 Å². The van der Waals surface area contributed by atoms with Gasteiger partial charge in [-0.25, -0.2) is 0 Å². The van der Waals surface area contributed by atoms with Crippen molar-refractivity contribution in [3.05, 3.63) is 77.3 Å². The second-order valence-corrected chi connectivity index (χ2v) is 6.22. The third-order valence-electron chi connectivity index (χ3n) is 4.70. The fourth-order valence-corrected chi connectivity index (χ4v) is 3.45. The monoisotopic (exact) mass is 292 g/mol. The molecule has 1 heteroatoms. The van der Waals surface area contributed by atoms with Gasteiger partial charge >= 0.3 is 0 Å². The van der Waals surface area contributed by atoms with Crippen molar-refractivity contribution in [3.63, 3.8) is 0 Å². The average Bonchev–Trinajstić information content (AvgIpc) is 3.10. The Balaban J connectivity index is 1.79. The maximum Gasteiger partial charge on any atom is 0.0480 e. The van der Waals surface area contributed by atoms with Crippen LogP contribution in [0.1, 0.15) is 36.5 Å². The highest BCUT2D eigenvalue weighted by Crippen LogP contribution is 2.26. The number of rotatable bonds is 6. The van der Waals surface area contributed by atoms with E-state index in [9.17, 15) is 0 Å². The van der Waals surface area contributed by atoms with Gasteiger partial charge in [0.2, 0.25) is 0 Å². The third-order valence-corrected chi connectivity index (χ3v) is 4.70. The summed E-state index contributed by atoms with van der Waals surface area (Å²) in [6, 6.07) is 21.4. The topological polar surface area (TPSA) is 3.24 Å². The first-order valence-corrected chi connectivity index (χ1v) is 8.57. The summed E-state index contributed by atoms with van der Waals surface area (Å²) in [7, 11) is 0. The van der Waals surface area contributed by atoms with Crippen LogP contribution < -0.4 is 0 Å². The van der Waals surface area contributed by atoms with E-state index in [0.29, 0.717) is 0 Å². The normalized spacial score (nSPS) is 15.5. The van der Waals surface area contributed by atoms with Crippen LogP contribution >= 0.6 is 0 Å². The van der Waals surface area contributed by atoms with Gasteiger partial charge in [0.05, 0.1) is 0 Å². The number of aryl methyl sites for hydroxylation is 1. The van der Waals surface area contributed by atoms with Crippen LogP contribution in [0.5, 0.6) is 0 Å². The number of likely N-dealkylation sites (tertiary alicyclic amines) is 1. The molecule has 0 amide bonds. The zero-order valence-electron chi connectivity index (χ0n) is 13.6. The molecule has 1 aliphatic heterocycles. The van der Waals surface area contributed by atoms with Crippen molar-refractivity contribution in [2.24, 2.45) is 0 Å². The average molecular weight is 292 g/mol. The summed E-state index contributed by atoms with van der Waals surface area (Å²) in [5.41, 5.74) is 4.42. The summed E-state index contributed by atoms with van der Waals surface area (Å²) in [4.78, 5) is 2.62. The molecule has 22 heavy (non-hydrogen) atoms. The molecule has 1 heterocycles. The lowest BCUT2D eigenvalue weighted by Gasteiger charge is -2.27. The predicted octanol–water partition coefficient (Wildman–Crippen LogP) is 4.66. The highest BCUT2D eigenvalue weighted by Gasteiger charge is 2.23. The summed E-state index contributed by atoms with van der Waals surface area (Å²) in [5.74, 6) is 0. The molecule has 0 saturated carbocycles. The van der Waals surface area contributed by atoms with Gasteiger partial charge < -0.3 is 0 Å². The number of benzene rings is 2. The maximum atomic E-state index is 2.62. The Labute approximate surface area is 135 Å². The van der Waals surface area contributed by atoms with Crippen LogP contribution in [0, 0.1) is 6.04 Å². The van der Waals surface area contributed by atoms with E-state index in [4.69, 9.17) is 0 Å². The van der Waals surface area contributed by atoms with Gasteiger partial charge in [-0.05, 0) is 61.9 Å². The highest BCUT2D eigenvalue weighted by molar-refractivity contribution is 5.31. The smallest absolute Gasteiger partial charge is 0.0480 e. The molecule has 0 spiro atoms. The third kappa shape index (κ3) is 3.78. The van der Waals surface area contributed by atoms with Crippen LogP contribution in [-0.2, 0) is 19.3 Å². The summed E-state index contributed by atoms with van der Waals surface area (Å²) in [6.45, 7) is 4.72. The Morgan fingerprint density at radius 2 is 1.45 bits per heavy atom. The quantitative estimate of drug-likeness (QED) is 0.748. The first-order chi connectivity index (χ1) is 10.9. The molecule has 115 valence electrons. The van der Waals surface area contributed by atoms with E-state index in [1.165, 1.54) is 42.6 Å². The fraction of sp³-hybridized carbons (Fsp3) is 0.381. The minimum Gasteiger partial charge on any atom is -0.295 e. The number of nitrogens with zero attached hydrogens (tertiary/aromatic N) is 1. The zero-order chi connectivity index (χ0) is 15.2. The van der Waals surface area contributed by atoms with Gasteiger partial charge in [0.1, 0.15) is 0 Å². The molecule has 1 fully saturated rings. The molecular weight excluding hydrogens is 266 g/mol. The SMILES string of the molecule is CCc1ccccc1C[C](Cc1ccccc1)N1CCCC1. The molecule has 2 aromatic rings. The lowest BCUT2D eigenvalue weighted by molar-refractivity contribution is 0.332. The molecule has 1 nitrogen and oxygen atoms in total. The maximum absolute atomic E-state index is 2.62. The molecule has 3 rings (SSSR count). The second-order valence-electron chi connectivity index (χ2n) is 6.22. The van der Waals surface area contributed by atoms with Crippen molar-refractivity contribution in [1.29, 1.82) is 0 Å². The van der Waals surface area contributed by atoms with Crippen LogP contribution in [0.15, 0.2) is 54.6 Å². The van der Waals surface area contributed by atoms with E-state index < -0.39 is 0 Å².